The number of aryl methyl sites for hydroxylation is 1. The van der Waals surface area contributed by atoms with E-state index < -0.39 is 6.61 Å². The molecular formula is C14H13F2N3OS. The molecule has 110 valence electrons. The average molecular weight is 309 g/mol. The Labute approximate surface area is 126 Å². The maximum absolute atomic E-state index is 12.0. The third-order valence-electron chi connectivity index (χ3n) is 2.47. The number of alkyl halides is 2. The Morgan fingerprint density at radius 3 is 2.48 bits per heavy atom. The highest BCUT2D eigenvalue weighted by Gasteiger charge is 2.04. The van der Waals surface area contributed by atoms with E-state index in [9.17, 15) is 8.78 Å². The van der Waals surface area contributed by atoms with E-state index in [1.165, 1.54) is 12.1 Å². The highest BCUT2D eigenvalue weighted by Crippen LogP contribution is 2.18. The highest BCUT2D eigenvalue weighted by molar-refractivity contribution is 7.80. The Hall–Kier alpha value is -2.28. The van der Waals surface area contributed by atoms with Crippen LogP contribution in [0.25, 0.3) is 0 Å². The summed E-state index contributed by atoms with van der Waals surface area (Å²) in [5.74, 6) is 0.722. The van der Waals surface area contributed by atoms with Crippen molar-refractivity contribution in [2.75, 3.05) is 10.6 Å². The van der Waals surface area contributed by atoms with Crippen LogP contribution in [-0.2, 0) is 0 Å². The number of rotatable bonds is 4. The van der Waals surface area contributed by atoms with E-state index in [4.69, 9.17) is 12.2 Å². The summed E-state index contributed by atoms with van der Waals surface area (Å²) in [7, 11) is 0. The molecule has 0 bridgehead atoms. The van der Waals surface area contributed by atoms with Gasteiger partial charge in [-0.3, -0.25) is 0 Å². The van der Waals surface area contributed by atoms with Crippen LogP contribution in [0.3, 0.4) is 0 Å². The lowest BCUT2D eigenvalue weighted by Crippen LogP contribution is -2.19. The number of nitrogens with zero attached hydrogens (tertiary/aromatic N) is 1. The van der Waals surface area contributed by atoms with Crippen LogP contribution in [-0.4, -0.2) is 16.7 Å². The van der Waals surface area contributed by atoms with Gasteiger partial charge >= 0.3 is 6.61 Å². The molecule has 2 rings (SSSR count). The summed E-state index contributed by atoms with van der Waals surface area (Å²) in [6, 6.07) is 11.6. The molecule has 21 heavy (non-hydrogen) atoms. The number of thiocarbonyl (C=S) groups is 1. The second kappa shape index (κ2) is 6.94. The van der Waals surface area contributed by atoms with Gasteiger partial charge < -0.3 is 15.4 Å². The first-order chi connectivity index (χ1) is 10.0. The Balaban J connectivity index is 1.93. The normalized spacial score (nSPS) is 10.3. The molecule has 0 spiro atoms. The van der Waals surface area contributed by atoms with Crippen molar-refractivity contribution in [3.8, 4) is 5.75 Å². The molecule has 0 aliphatic carbocycles. The summed E-state index contributed by atoms with van der Waals surface area (Å²) in [6.45, 7) is -0.956. The number of anilines is 2. The van der Waals surface area contributed by atoms with E-state index in [-0.39, 0.29) is 5.75 Å². The highest BCUT2D eigenvalue weighted by atomic mass is 32.1. The van der Waals surface area contributed by atoms with Gasteiger partial charge in [-0.1, -0.05) is 6.07 Å². The lowest BCUT2D eigenvalue weighted by atomic mass is 10.3. The third-order valence-corrected chi connectivity index (χ3v) is 2.67. The van der Waals surface area contributed by atoms with Gasteiger partial charge in [0.15, 0.2) is 5.11 Å². The summed E-state index contributed by atoms with van der Waals surface area (Å²) in [6.07, 6.45) is 0. The Morgan fingerprint density at radius 1 is 1.14 bits per heavy atom. The van der Waals surface area contributed by atoms with Gasteiger partial charge in [-0.05, 0) is 55.5 Å². The van der Waals surface area contributed by atoms with Gasteiger partial charge in [0.05, 0.1) is 0 Å². The van der Waals surface area contributed by atoms with Crippen LogP contribution in [0.1, 0.15) is 5.69 Å². The average Bonchev–Trinajstić information content (AvgIpc) is 2.40. The maximum Gasteiger partial charge on any atom is 0.387 e. The lowest BCUT2D eigenvalue weighted by Gasteiger charge is -2.11. The molecule has 0 amide bonds. The monoisotopic (exact) mass is 309 g/mol. The van der Waals surface area contributed by atoms with Gasteiger partial charge in [0.25, 0.3) is 0 Å². The van der Waals surface area contributed by atoms with Crippen molar-refractivity contribution < 1.29 is 13.5 Å². The first kappa shape index (κ1) is 15.1. The van der Waals surface area contributed by atoms with Crippen molar-refractivity contribution in [2.45, 2.75) is 13.5 Å². The van der Waals surface area contributed by atoms with Crippen LogP contribution in [0.4, 0.5) is 20.3 Å². The fraction of sp³-hybridized carbons (Fsp3) is 0.143. The fourth-order valence-electron chi connectivity index (χ4n) is 1.61. The van der Waals surface area contributed by atoms with Crippen LogP contribution in [0.2, 0.25) is 0 Å². The quantitative estimate of drug-likeness (QED) is 0.841. The zero-order valence-corrected chi connectivity index (χ0v) is 12.0. The molecule has 0 saturated carbocycles. The molecule has 1 aromatic heterocycles. The van der Waals surface area contributed by atoms with Crippen LogP contribution < -0.4 is 15.4 Å². The first-order valence-electron chi connectivity index (χ1n) is 6.09. The van der Waals surface area contributed by atoms with E-state index in [0.29, 0.717) is 16.6 Å². The van der Waals surface area contributed by atoms with Crippen LogP contribution in [0.5, 0.6) is 5.75 Å². The summed E-state index contributed by atoms with van der Waals surface area (Å²) < 4.78 is 28.3. The minimum atomic E-state index is -2.83. The minimum Gasteiger partial charge on any atom is -0.435 e. The number of hydrogen-bond acceptors (Lipinski definition) is 3. The van der Waals surface area contributed by atoms with Crippen LogP contribution in [0.15, 0.2) is 42.5 Å². The van der Waals surface area contributed by atoms with Gasteiger partial charge in [0.2, 0.25) is 0 Å². The smallest absolute Gasteiger partial charge is 0.387 e. The number of halogens is 2. The van der Waals surface area contributed by atoms with Gasteiger partial charge in [-0.15, -0.1) is 0 Å². The molecule has 4 nitrogen and oxygen atoms in total. The van der Waals surface area contributed by atoms with Crippen molar-refractivity contribution >= 4 is 28.8 Å². The molecule has 0 aliphatic rings. The number of nitrogens with one attached hydrogen (secondary N) is 2. The zero-order chi connectivity index (χ0) is 15.2. The van der Waals surface area contributed by atoms with Gasteiger partial charge in [-0.25, -0.2) is 4.98 Å². The standard InChI is InChI=1S/C14H13F2N3OS/c1-9-3-2-4-12(17-9)19-14(21)18-10-5-7-11(8-6-10)20-13(15)16/h2-8,13H,1H3,(H2,17,18,19,21). The lowest BCUT2D eigenvalue weighted by molar-refractivity contribution is -0.0498. The van der Waals surface area contributed by atoms with Gasteiger partial charge in [0.1, 0.15) is 11.6 Å². The molecule has 0 fully saturated rings. The zero-order valence-electron chi connectivity index (χ0n) is 11.1. The SMILES string of the molecule is Cc1cccc(NC(=S)Nc2ccc(OC(F)F)cc2)n1. The molecule has 1 heterocycles. The fourth-order valence-corrected chi connectivity index (χ4v) is 1.83. The first-order valence-corrected chi connectivity index (χ1v) is 6.50. The Morgan fingerprint density at radius 2 is 1.86 bits per heavy atom. The summed E-state index contributed by atoms with van der Waals surface area (Å²) in [4.78, 5) is 4.26. The minimum absolute atomic E-state index is 0.0924. The van der Waals surface area contributed by atoms with Crippen molar-refractivity contribution in [2.24, 2.45) is 0 Å². The number of aromatic nitrogens is 1. The van der Waals surface area contributed by atoms with E-state index in [0.717, 1.165) is 5.69 Å². The maximum atomic E-state index is 12.0. The predicted octanol–water partition coefficient (Wildman–Crippen LogP) is 3.80. The van der Waals surface area contributed by atoms with Crippen molar-refractivity contribution in [1.29, 1.82) is 0 Å². The molecule has 7 heteroatoms. The van der Waals surface area contributed by atoms with Crippen LogP contribution in [0, 0.1) is 6.92 Å². The number of benzene rings is 1. The molecule has 2 aromatic rings. The number of ether oxygens (including phenoxy) is 1. The number of hydrogen-bond donors (Lipinski definition) is 2. The van der Waals surface area contributed by atoms with Crippen molar-refractivity contribution in [3.05, 3.63) is 48.2 Å². The number of pyridine rings is 1. The molecule has 0 radical (unpaired) electrons. The molecule has 2 N–H and O–H groups in total. The topological polar surface area (TPSA) is 46.2 Å². The van der Waals surface area contributed by atoms with E-state index in [2.05, 4.69) is 20.4 Å². The van der Waals surface area contributed by atoms with Crippen molar-refractivity contribution in [1.82, 2.24) is 4.98 Å². The Bertz CT molecular complexity index is 620. The second-order valence-corrected chi connectivity index (χ2v) is 4.55. The molecule has 0 aliphatic heterocycles. The van der Waals surface area contributed by atoms with E-state index >= 15 is 0 Å². The molecule has 1 aromatic carbocycles. The molecule has 0 atom stereocenters. The van der Waals surface area contributed by atoms with Crippen LogP contribution >= 0.6 is 12.2 Å². The summed E-state index contributed by atoms with van der Waals surface area (Å²) in [5, 5.41) is 6.22. The predicted molar refractivity (Wildman–Crippen MR) is 81.9 cm³/mol. The summed E-state index contributed by atoms with van der Waals surface area (Å²) >= 11 is 5.15. The van der Waals surface area contributed by atoms with E-state index in [1.54, 1.807) is 18.2 Å². The Kier molecular flexibility index (Phi) is 4.99. The van der Waals surface area contributed by atoms with E-state index in [1.807, 2.05) is 19.1 Å². The summed E-state index contributed by atoms with van der Waals surface area (Å²) in [5.41, 5.74) is 1.53. The van der Waals surface area contributed by atoms with Crippen molar-refractivity contribution in [3.63, 3.8) is 0 Å². The third kappa shape index (κ3) is 4.96. The van der Waals surface area contributed by atoms with Gasteiger partial charge in [0, 0.05) is 11.4 Å². The largest absolute Gasteiger partial charge is 0.435 e. The molecular weight excluding hydrogens is 296 g/mol. The molecule has 0 unspecified atom stereocenters. The molecule has 0 saturated heterocycles. The van der Waals surface area contributed by atoms with Gasteiger partial charge in [-0.2, -0.15) is 8.78 Å². The second-order valence-electron chi connectivity index (χ2n) is 4.15.